The largest absolute Gasteiger partial charge is 0.363 e. The molecule has 18 heavy (non-hydrogen) atoms. The molecule has 100 valence electrons. The third-order valence-electron chi connectivity index (χ3n) is 3.70. The van der Waals surface area contributed by atoms with Crippen LogP contribution in [0, 0.1) is 5.82 Å². The molecule has 1 fully saturated rings. The second kappa shape index (κ2) is 5.89. The van der Waals surface area contributed by atoms with E-state index in [2.05, 4.69) is 24.1 Å². The maximum Gasteiger partial charge on any atom is 0.165 e. The Morgan fingerprint density at radius 2 is 2.17 bits per heavy atom. The molecule has 1 aliphatic rings. The summed E-state index contributed by atoms with van der Waals surface area (Å²) in [7, 11) is 0. The van der Waals surface area contributed by atoms with Crippen LogP contribution in [-0.2, 0) is 0 Å². The number of benzene rings is 1. The van der Waals surface area contributed by atoms with Gasteiger partial charge in [0, 0.05) is 25.2 Å². The number of nitrogens with zero attached hydrogens (tertiary/aromatic N) is 1. The normalized spacial score (nSPS) is 24.3. The van der Waals surface area contributed by atoms with Crippen molar-refractivity contribution in [3.8, 4) is 0 Å². The molecule has 0 saturated carbocycles. The molecule has 1 heterocycles. The van der Waals surface area contributed by atoms with Crippen LogP contribution in [0.15, 0.2) is 18.2 Å². The van der Waals surface area contributed by atoms with Gasteiger partial charge in [0.15, 0.2) is 5.82 Å². The van der Waals surface area contributed by atoms with Crippen LogP contribution < -0.4 is 10.2 Å². The highest BCUT2D eigenvalue weighted by molar-refractivity contribution is 6.31. The van der Waals surface area contributed by atoms with Gasteiger partial charge in [0.25, 0.3) is 0 Å². The standard InChI is InChI=1S/C14H20ClFN2/c1-3-10-9-18(11(4-2)8-17-10)13-7-5-6-12(15)14(13)16/h5-7,10-11,17H,3-4,8-9H2,1-2H3. The van der Waals surface area contributed by atoms with Crippen LogP contribution in [0.5, 0.6) is 0 Å². The molecule has 2 rings (SSSR count). The van der Waals surface area contributed by atoms with Crippen molar-refractivity contribution >= 4 is 17.3 Å². The fourth-order valence-electron chi connectivity index (χ4n) is 2.51. The summed E-state index contributed by atoms with van der Waals surface area (Å²) in [6, 6.07) is 5.99. The monoisotopic (exact) mass is 270 g/mol. The molecule has 2 atom stereocenters. The van der Waals surface area contributed by atoms with Crippen LogP contribution >= 0.6 is 11.6 Å². The summed E-state index contributed by atoms with van der Waals surface area (Å²) in [5.74, 6) is -0.297. The van der Waals surface area contributed by atoms with Crippen molar-refractivity contribution in [3.05, 3.63) is 29.0 Å². The predicted octanol–water partition coefficient (Wildman–Crippen LogP) is 3.45. The summed E-state index contributed by atoms with van der Waals surface area (Å²) in [5, 5.41) is 3.71. The Morgan fingerprint density at radius 1 is 1.39 bits per heavy atom. The van der Waals surface area contributed by atoms with Gasteiger partial charge < -0.3 is 10.2 Å². The molecule has 0 aromatic heterocycles. The van der Waals surface area contributed by atoms with E-state index in [-0.39, 0.29) is 10.8 Å². The predicted molar refractivity (Wildman–Crippen MR) is 74.9 cm³/mol. The highest BCUT2D eigenvalue weighted by Gasteiger charge is 2.28. The fourth-order valence-corrected chi connectivity index (χ4v) is 2.68. The molecule has 2 nitrogen and oxygen atoms in total. The number of piperazine rings is 1. The first-order valence-electron chi connectivity index (χ1n) is 6.61. The molecular weight excluding hydrogens is 251 g/mol. The van der Waals surface area contributed by atoms with Crippen molar-refractivity contribution in [2.24, 2.45) is 0 Å². The molecule has 0 aliphatic carbocycles. The van der Waals surface area contributed by atoms with Crippen LogP contribution in [0.25, 0.3) is 0 Å². The van der Waals surface area contributed by atoms with Crippen LogP contribution in [0.2, 0.25) is 5.02 Å². The average Bonchev–Trinajstić information content (AvgIpc) is 2.41. The van der Waals surface area contributed by atoms with Gasteiger partial charge in [-0.3, -0.25) is 0 Å². The first kappa shape index (κ1) is 13.6. The Bertz CT molecular complexity index is 411. The minimum absolute atomic E-state index is 0.203. The second-order valence-electron chi connectivity index (χ2n) is 4.80. The fraction of sp³-hybridized carbons (Fsp3) is 0.571. The molecule has 4 heteroatoms. The van der Waals surface area contributed by atoms with Gasteiger partial charge in [-0.05, 0) is 25.0 Å². The Hall–Kier alpha value is -0.800. The highest BCUT2D eigenvalue weighted by Crippen LogP contribution is 2.29. The SMILES string of the molecule is CCC1CN(c2cccc(Cl)c2F)C(CC)CN1. The minimum atomic E-state index is -0.297. The van der Waals surface area contributed by atoms with Crippen molar-refractivity contribution in [2.45, 2.75) is 38.8 Å². The number of hydrogen-bond acceptors (Lipinski definition) is 2. The van der Waals surface area contributed by atoms with E-state index in [1.807, 2.05) is 12.1 Å². The summed E-state index contributed by atoms with van der Waals surface area (Å²) < 4.78 is 14.1. The highest BCUT2D eigenvalue weighted by atomic mass is 35.5. The van der Waals surface area contributed by atoms with Crippen LogP contribution in [0.4, 0.5) is 10.1 Å². The van der Waals surface area contributed by atoms with E-state index < -0.39 is 0 Å². The molecule has 0 bridgehead atoms. The third kappa shape index (κ3) is 2.62. The van der Waals surface area contributed by atoms with Gasteiger partial charge in [0.2, 0.25) is 0 Å². The summed E-state index contributed by atoms with van der Waals surface area (Å²) >= 11 is 5.88. The maximum absolute atomic E-state index is 14.1. The van der Waals surface area contributed by atoms with Gasteiger partial charge in [-0.25, -0.2) is 4.39 Å². The summed E-state index contributed by atoms with van der Waals surface area (Å²) in [5.41, 5.74) is 0.634. The van der Waals surface area contributed by atoms with Gasteiger partial charge in [0.05, 0.1) is 10.7 Å². The van der Waals surface area contributed by atoms with E-state index in [1.165, 1.54) is 0 Å². The first-order chi connectivity index (χ1) is 8.67. The van der Waals surface area contributed by atoms with E-state index in [0.717, 1.165) is 25.9 Å². The summed E-state index contributed by atoms with van der Waals surface area (Å²) in [6.07, 6.45) is 2.05. The van der Waals surface area contributed by atoms with Crippen molar-refractivity contribution in [1.82, 2.24) is 5.32 Å². The lowest BCUT2D eigenvalue weighted by molar-refractivity contribution is 0.375. The van der Waals surface area contributed by atoms with Gasteiger partial charge >= 0.3 is 0 Å². The number of halogens is 2. The molecule has 0 radical (unpaired) electrons. The molecule has 2 unspecified atom stereocenters. The third-order valence-corrected chi connectivity index (χ3v) is 4.00. The van der Waals surface area contributed by atoms with Crippen molar-refractivity contribution in [3.63, 3.8) is 0 Å². The lowest BCUT2D eigenvalue weighted by Gasteiger charge is -2.41. The Morgan fingerprint density at radius 3 is 2.83 bits per heavy atom. The lowest BCUT2D eigenvalue weighted by Crippen LogP contribution is -2.56. The molecule has 1 N–H and O–H groups in total. The van der Waals surface area contributed by atoms with Crippen LogP contribution in [0.1, 0.15) is 26.7 Å². The average molecular weight is 271 g/mol. The molecule has 1 saturated heterocycles. The van der Waals surface area contributed by atoms with Gasteiger partial charge in [-0.2, -0.15) is 0 Å². The van der Waals surface area contributed by atoms with Crippen LogP contribution in [0.3, 0.4) is 0 Å². The zero-order valence-electron chi connectivity index (χ0n) is 10.9. The Kier molecular flexibility index (Phi) is 4.46. The quantitative estimate of drug-likeness (QED) is 0.905. The second-order valence-corrected chi connectivity index (χ2v) is 5.21. The smallest absolute Gasteiger partial charge is 0.165 e. The Balaban J connectivity index is 2.29. The topological polar surface area (TPSA) is 15.3 Å². The lowest BCUT2D eigenvalue weighted by atomic mass is 10.0. The van der Waals surface area contributed by atoms with E-state index >= 15 is 0 Å². The van der Waals surface area contributed by atoms with Gasteiger partial charge in [-0.1, -0.05) is 31.5 Å². The first-order valence-corrected chi connectivity index (χ1v) is 6.99. The number of rotatable bonds is 3. The van der Waals surface area contributed by atoms with Gasteiger partial charge in [0.1, 0.15) is 0 Å². The molecular formula is C14H20ClFN2. The number of nitrogens with one attached hydrogen (secondary N) is 1. The van der Waals surface area contributed by atoms with E-state index in [0.29, 0.717) is 17.8 Å². The molecule has 1 aromatic carbocycles. The summed E-state index contributed by atoms with van der Waals surface area (Å²) in [4.78, 5) is 2.16. The van der Waals surface area contributed by atoms with Crippen molar-refractivity contribution < 1.29 is 4.39 Å². The minimum Gasteiger partial charge on any atom is -0.363 e. The van der Waals surface area contributed by atoms with Crippen molar-refractivity contribution in [2.75, 3.05) is 18.0 Å². The zero-order valence-corrected chi connectivity index (χ0v) is 11.7. The maximum atomic E-state index is 14.1. The van der Waals surface area contributed by atoms with Crippen molar-refractivity contribution in [1.29, 1.82) is 0 Å². The summed E-state index contributed by atoms with van der Waals surface area (Å²) in [6.45, 7) is 6.03. The number of anilines is 1. The van der Waals surface area contributed by atoms with E-state index in [4.69, 9.17) is 11.6 Å². The van der Waals surface area contributed by atoms with E-state index in [9.17, 15) is 4.39 Å². The number of hydrogen-bond donors (Lipinski definition) is 1. The molecule has 0 spiro atoms. The van der Waals surface area contributed by atoms with Crippen LogP contribution in [-0.4, -0.2) is 25.2 Å². The van der Waals surface area contributed by atoms with E-state index in [1.54, 1.807) is 6.07 Å². The molecule has 0 amide bonds. The molecule has 1 aromatic rings. The molecule has 1 aliphatic heterocycles. The Labute approximate surface area is 113 Å². The zero-order chi connectivity index (χ0) is 13.1. The van der Waals surface area contributed by atoms with Gasteiger partial charge in [-0.15, -0.1) is 0 Å².